The van der Waals surface area contributed by atoms with Gasteiger partial charge in [-0.3, -0.25) is 9.59 Å². The second kappa shape index (κ2) is 8.39. The van der Waals surface area contributed by atoms with E-state index in [1.807, 2.05) is 0 Å². The highest BCUT2D eigenvalue weighted by molar-refractivity contribution is 7.89. The molecule has 138 valence electrons. The molecule has 9 nitrogen and oxygen atoms in total. The van der Waals surface area contributed by atoms with Gasteiger partial charge in [-0.1, -0.05) is 12.1 Å². The zero-order chi connectivity index (χ0) is 18.4. The van der Waals surface area contributed by atoms with E-state index in [0.717, 1.165) is 0 Å². The molecule has 1 atom stereocenters. The number of amides is 1. The molecule has 2 rings (SSSR count). The Labute approximate surface area is 145 Å². The van der Waals surface area contributed by atoms with Crippen molar-refractivity contribution in [1.29, 1.82) is 0 Å². The number of benzene rings is 1. The Bertz CT molecular complexity index is 713. The van der Waals surface area contributed by atoms with Crippen LogP contribution in [0.3, 0.4) is 0 Å². The summed E-state index contributed by atoms with van der Waals surface area (Å²) in [5.74, 6) is -1.73. The van der Waals surface area contributed by atoms with Crippen molar-refractivity contribution in [2.24, 2.45) is 5.73 Å². The van der Waals surface area contributed by atoms with Gasteiger partial charge in [-0.2, -0.15) is 4.31 Å². The van der Waals surface area contributed by atoms with Gasteiger partial charge in [0.2, 0.25) is 15.9 Å². The van der Waals surface area contributed by atoms with Gasteiger partial charge in [0, 0.05) is 13.1 Å². The van der Waals surface area contributed by atoms with E-state index < -0.39 is 34.5 Å². The van der Waals surface area contributed by atoms with E-state index in [1.165, 1.54) is 16.4 Å². The molecule has 0 radical (unpaired) electrons. The van der Waals surface area contributed by atoms with Gasteiger partial charge in [-0.15, -0.1) is 0 Å². The molecule has 0 unspecified atom stereocenters. The molecule has 10 heteroatoms. The molecule has 4 N–H and O–H groups in total. The van der Waals surface area contributed by atoms with Gasteiger partial charge in [-0.05, 0) is 24.1 Å². The molecular weight excluding hydrogens is 350 g/mol. The number of carbonyl (C=O) groups is 2. The lowest BCUT2D eigenvalue weighted by atomic mass is 10.1. The summed E-state index contributed by atoms with van der Waals surface area (Å²) in [6, 6.07) is 5.22. The van der Waals surface area contributed by atoms with Crippen LogP contribution < -0.4 is 11.1 Å². The molecule has 0 aliphatic carbocycles. The second-order valence-electron chi connectivity index (χ2n) is 5.58. The highest BCUT2D eigenvalue weighted by atomic mass is 32.2. The normalized spacial score (nSPS) is 17.0. The summed E-state index contributed by atoms with van der Waals surface area (Å²) in [4.78, 5) is 22.3. The Morgan fingerprint density at radius 1 is 1.24 bits per heavy atom. The Morgan fingerprint density at radius 2 is 1.84 bits per heavy atom. The quantitative estimate of drug-likeness (QED) is 0.546. The van der Waals surface area contributed by atoms with E-state index in [-0.39, 0.29) is 11.3 Å². The van der Waals surface area contributed by atoms with E-state index >= 15 is 0 Å². The standard InChI is InChI=1S/C15H21N3O6S/c16-13(15(21)17-10-14(19)20)9-11-1-3-12(4-2-11)25(22,23)18-5-7-24-8-6-18/h1-4,13H,5-10,16H2,(H,17,21)(H,19,20)/t13-/m0/s1. The lowest BCUT2D eigenvalue weighted by Crippen LogP contribution is -2.43. The fraction of sp³-hybridized carbons (Fsp3) is 0.467. The lowest BCUT2D eigenvalue weighted by Gasteiger charge is -2.26. The molecule has 0 aromatic heterocycles. The van der Waals surface area contributed by atoms with E-state index in [4.69, 9.17) is 15.6 Å². The van der Waals surface area contributed by atoms with Crippen molar-refractivity contribution in [3.63, 3.8) is 0 Å². The smallest absolute Gasteiger partial charge is 0.322 e. The first-order valence-corrected chi connectivity index (χ1v) is 9.16. The number of hydrogen-bond donors (Lipinski definition) is 3. The Balaban J connectivity index is 1.99. The molecular formula is C15H21N3O6S. The molecule has 1 heterocycles. The number of morpholine rings is 1. The number of nitrogens with two attached hydrogens (primary N) is 1. The topological polar surface area (TPSA) is 139 Å². The molecule has 1 aromatic rings. The molecule has 1 aromatic carbocycles. The van der Waals surface area contributed by atoms with Crippen molar-refractivity contribution < 1.29 is 27.9 Å². The van der Waals surface area contributed by atoms with Gasteiger partial charge in [0.15, 0.2) is 0 Å². The summed E-state index contributed by atoms with van der Waals surface area (Å²) in [5, 5.41) is 10.7. The number of sulfonamides is 1. The number of aliphatic carboxylic acids is 1. The maximum absolute atomic E-state index is 12.5. The first-order valence-electron chi connectivity index (χ1n) is 7.72. The third-order valence-electron chi connectivity index (χ3n) is 3.74. The van der Waals surface area contributed by atoms with Crippen LogP contribution in [-0.2, 0) is 30.8 Å². The molecule has 1 aliphatic rings. The van der Waals surface area contributed by atoms with Crippen LogP contribution in [0.25, 0.3) is 0 Å². The highest BCUT2D eigenvalue weighted by Crippen LogP contribution is 2.18. The molecule has 1 aliphatic heterocycles. The number of nitrogens with one attached hydrogen (secondary N) is 1. The summed E-state index contributed by atoms with van der Waals surface area (Å²) in [5.41, 5.74) is 6.41. The summed E-state index contributed by atoms with van der Waals surface area (Å²) in [7, 11) is -3.56. The van der Waals surface area contributed by atoms with Gasteiger partial charge >= 0.3 is 5.97 Å². The van der Waals surface area contributed by atoms with Crippen LogP contribution in [0.1, 0.15) is 5.56 Å². The van der Waals surface area contributed by atoms with Crippen molar-refractivity contribution in [1.82, 2.24) is 9.62 Å². The molecule has 0 spiro atoms. The third kappa shape index (κ3) is 5.23. The van der Waals surface area contributed by atoms with Gasteiger partial charge in [0.25, 0.3) is 0 Å². The first kappa shape index (κ1) is 19.3. The number of carbonyl (C=O) groups excluding carboxylic acids is 1. The van der Waals surface area contributed by atoms with E-state index in [9.17, 15) is 18.0 Å². The van der Waals surface area contributed by atoms with Crippen molar-refractivity contribution >= 4 is 21.9 Å². The number of hydrogen-bond acceptors (Lipinski definition) is 6. The summed E-state index contributed by atoms with van der Waals surface area (Å²) in [6.07, 6.45) is 0.170. The Morgan fingerprint density at radius 3 is 2.40 bits per heavy atom. The van der Waals surface area contributed by atoms with Gasteiger partial charge < -0.3 is 20.9 Å². The van der Waals surface area contributed by atoms with Crippen molar-refractivity contribution in [2.75, 3.05) is 32.8 Å². The predicted molar refractivity (Wildman–Crippen MR) is 88.3 cm³/mol. The Kier molecular flexibility index (Phi) is 6.48. The average molecular weight is 371 g/mol. The number of carboxylic acid groups (broad SMARTS) is 1. The average Bonchev–Trinajstić information content (AvgIpc) is 2.60. The van der Waals surface area contributed by atoms with Crippen molar-refractivity contribution in [3.8, 4) is 0 Å². The van der Waals surface area contributed by atoms with Crippen LogP contribution in [0.4, 0.5) is 0 Å². The van der Waals surface area contributed by atoms with Crippen LogP contribution in [0.5, 0.6) is 0 Å². The fourth-order valence-electron chi connectivity index (χ4n) is 2.37. The third-order valence-corrected chi connectivity index (χ3v) is 5.65. The van der Waals surface area contributed by atoms with Crippen molar-refractivity contribution in [2.45, 2.75) is 17.4 Å². The monoisotopic (exact) mass is 371 g/mol. The zero-order valence-corrected chi connectivity index (χ0v) is 14.4. The molecule has 1 amide bonds. The fourth-order valence-corrected chi connectivity index (χ4v) is 3.78. The molecule has 1 saturated heterocycles. The maximum Gasteiger partial charge on any atom is 0.322 e. The predicted octanol–water partition coefficient (Wildman–Crippen LogP) is -1.22. The van der Waals surface area contributed by atoms with Crippen LogP contribution in [-0.4, -0.2) is 68.6 Å². The van der Waals surface area contributed by atoms with Gasteiger partial charge in [0.05, 0.1) is 24.2 Å². The van der Waals surface area contributed by atoms with E-state index in [2.05, 4.69) is 5.32 Å². The summed E-state index contributed by atoms with van der Waals surface area (Å²) >= 11 is 0. The van der Waals surface area contributed by atoms with Crippen LogP contribution in [0.15, 0.2) is 29.2 Å². The number of ether oxygens (including phenoxy) is 1. The zero-order valence-electron chi connectivity index (χ0n) is 13.6. The SMILES string of the molecule is N[C@@H](Cc1ccc(S(=O)(=O)N2CCOCC2)cc1)C(=O)NCC(=O)O. The van der Waals surface area contributed by atoms with Crippen molar-refractivity contribution in [3.05, 3.63) is 29.8 Å². The van der Waals surface area contributed by atoms with Crippen LogP contribution in [0, 0.1) is 0 Å². The molecule has 25 heavy (non-hydrogen) atoms. The molecule has 1 fully saturated rings. The lowest BCUT2D eigenvalue weighted by molar-refractivity contribution is -0.138. The minimum atomic E-state index is -3.56. The van der Waals surface area contributed by atoms with Crippen LogP contribution in [0.2, 0.25) is 0 Å². The number of rotatable bonds is 7. The maximum atomic E-state index is 12.5. The highest BCUT2D eigenvalue weighted by Gasteiger charge is 2.26. The Hall–Kier alpha value is -2.01. The van der Waals surface area contributed by atoms with E-state index in [0.29, 0.717) is 31.9 Å². The molecule has 0 bridgehead atoms. The molecule has 0 saturated carbocycles. The van der Waals surface area contributed by atoms with Gasteiger partial charge in [0.1, 0.15) is 6.54 Å². The summed E-state index contributed by atoms with van der Waals surface area (Å²) in [6.45, 7) is 0.885. The number of carboxylic acids is 1. The minimum absolute atomic E-state index is 0.169. The first-order chi connectivity index (χ1) is 11.8. The van der Waals surface area contributed by atoms with Crippen LogP contribution >= 0.6 is 0 Å². The summed E-state index contributed by atoms with van der Waals surface area (Å²) < 4.78 is 31.5. The second-order valence-corrected chi connectivity index (χ2v) is 7.52. The number of nitrogens with zero attached hydrogens (tertiary/aromatic N) is 1. The minimum Gasteiger partial charge on any atom is -0.480 e. The largest absolute Gasteiger partial charge is 0.480 e. The van der Waals surface area contributed by atoms with Gasteiger partial charge in [-0.25, -0.2) is 8.42 Å². The van der Waals surface area contributed by atoms with E-state index in [1.54, 1.807) is 12.1 Å².